The lowest BCUT2D eigenvalue weighted by Crippen LogP contribution is -2.50. The molecule has 7 heteroatoms. The lowest BCUT2D eigenvalue weighted by Gasteiger charge is -2.31. The van der Waals surface area contributed by atoms with E-state index in [0.717, 1.165) is 6.07 Å². The fraction of sp³-hybridized carbons (Fsp3) is 0.474. The fourth-order valence-electron chi connectivity index (χ4n) is 2.50. The van der Waals surface area contributed by atoms with Crippen molar-refractivity contribution in [2.75, 3.05) is 0 Å². The summed E-state index contributed by atoms with van der Waals surface area (Å²) in [7, 11) is 0. The van der Waals surface area contributed by atoms with Crippen LogP contribution in [0.25, 0.3) is 0 Å². The van der Waals surface area contributed by atoms with E-state index in [2.05, 4.69) is 10.3 Å². The molecule has 1 heterocycles. The number of amides is 2. The van der Waals surface area contributed by atoms with Gasteiger partial charge in [0.2, 0.25) is 0 Å². The molecule has 2 amide bonds. The van der Waals surface area contributed by atoms with Gasteiger partial charge in [-0.25, -0.2) is 18.6 Å². The predicted molar refractivity (Wildman–Crippen MR) is 96.7 cm³/mol. The van der Waals surface area contributed by atoms with Gasteiger partial charge in [-0.3, -0.25) is 0 Å². The maximum absolute atomic E-state index is 13.4. The van der Waals surface area contributed by atoms with Crippen molar-refractivity contribution in [2.45, 2.75) is 59.3 Å². The number of imidazole rings is 1. The van der Waals surface area contributed by atoms with Gasteiger partial charge >= 0.3 is 6.03 Å². The first-order valence-corrected chi connectivity index (χ1v) is 8.59. The third-order valence-electron chi connectivity index (χ3n) is 3.82. The Bertz CT molecular complexity index is 765. The molecule has 0 atom stereocenters. The minimum atomic E-state index is -0.877. The molecule has 1 N–H and O–H groups in total. The maximum atomic E-state index is 13.4. The number of rotatable bonds is 5. The zero-order valence-electron chi connectivity index (χ0n) is 15.9. The van der Waals surface area contributed by atoms with E-state index in [1.807, 2.05) is 39.2 Å². The number of hydrogen-bond acceptors (Lipinski definition) is 2. The van der Waals surface area contributed by atoms with Crippen LogP contribution in [0, 0.1) is 11.6 Å². The summed E-state index contributed by atoms with van der Waals surface area (Å²) < 4.78 is 28.3. The van der Waals surface area contributed by atoms with Gasteiger partial charge in [-0.05, 0) is 52.3 Å². The third-order valence-corrected chi connectivity index (χ3v) is 3.82. The molecule has 2 aromatic rings. The minimum Gasteiger partial charge on any atom is -0.333 e. The highest BCUT2D eigenvalue weighted by molar-refractivity contribution is 5.75. The Hall–Kier alpha value is -2.44. The van der Waals surface area contributed by atoms with Gasteiger partial charge in [-0.2, -0.15) is 0 Å². The summed E-state index contributed by atoms with van der Waals surface area (Å²) in [6, 6.07) is 3.62. The van der Waals surface area contributed by atoms with Crippen LogP contribution >= 0.6 is 0 Å². The van der Waals surface area contributed by atoms with Gasteiger partial charge in [0, 0.05) is 30.5 Å². The minimum absolute atomic E-state index is 0.0224. The number of benzene rings is 1. The van der Waals surface area contributed by atoms with Crippen LogP contribution in [-0.4, -0.2) is 32.1 Å². The van der Waals surface area contributed by atoms with Crippen molar-refractivity contribution in [3.63, 3.8) is 0 Å². The molecule has 1 aromatic heterocycles. The maximum Gasteiger partial charge on any atom is 0.318 e. The molecule has 0 saturated heterocycles. The van der Waals surface area contributed by atoms with E-state index >= 15 is 0 Å². The van der Waals surface area contributed by atoms with E-state index in [9.17, 15) is 13.6 Å². The quantitative estimate of drug-likeness (QED) is 0.874. The third kappa shape index (κ3) is 5.28. The van der Waals surface area contributed by atoms with Gasteiger partial charge < -0.3 is 14.8 Å². The molecule has 0 saturated carbocycles. The lowest BCUT2D eigenvalue weighted by molar-refractivity contribution is 0.168. The molecule has 5 nitrogen and oxygen atoms in total. The van der Waals surface area contributed by atoms with E-state index in [4.69, 9.17) is 0 Å². The van der Waals surface area contributed by atoms with E-state index in [1.54, 1.807) is 17.3 Å². The van der Waals surface area contributed by atoms with Crippen molar-refractivity contribution in [3.8, 4) is 0 Å². The zero-order chi connectivity index (χ0) is 19.5. The molecule has 26 heavy (non-hydrogen) atoms. The van der Waals surface area contributed by atoms with Crippen molar-refractivity contribution in [3.05, 3.63) is 53.6 Å². The second-order valence-corrected chi connectivity index (χ2v) is 7.62. The Morgan fingerprint density at radius 2 is 1.96 bits per heavy atom. The first kappa shape index (κ1) is 19.9. The average molecular weight is 364 g/mol. The van der Waals surface area contributed by atoms with Crippen LogP contribution in [0.5, 0.6) is 0 Å². The molecule has 0 aliphatic rings. The molecule has 0 fully saturated rings. The first-order chi connectivity index (χ1) is 12.1. The molecule has 0 radical (unpaired) electrons. The van der Waals surface area contributed by atoms with Gasteiger partial charge in [-0.1, -0.05) is 6.07 Å². The topological polar surface area (TPSA) is 50.2 Å². The Kier molecular flexibility index (Phi) is 6.00. The van der Waals surface area contributed by atoms with Crippen LogP contribution in [0.4, 0.5) is 13.6 Å². The van der Waals surface area contributed by atoms with E-state index in [0.29, 0.717) is 24.5 Å². The SMILES string of the molecule is CC(C)N(Cc1nccn1Cc1ccc(F)c(F)c1)C(=O)NC(C)(C)C. The number of nitrogens with one attached hydrogen (secondary N) is 1. The highest BCUT2D eigenvalue weighted by atomic mass is 19.2. The van der Waals surface area contributed by atoms with Gasteiger partial charge in [0.1, 0.15) is 5.82 Å². The van der Waals surface area contributed by atoms with Gasteiger partial charge in [0.05, 0.1) is 6.54 Å². The number of aromatic nitrogens is 2. The Morgan fingerprint density at radius 1 is 1.27 bits per heavy atom. The molecule has 1 aromatic carbocycles. The first-order valence-electron chi connectivity index (χ1n) is 8.59. The van der Waals surface area contributed by atoms with Gasteiger partial charge in [-0.15, -0.1) is 0 Å². The molecule has 0 aliphatic carbocycles. The number of nitrogens with zero attached hydrogens (tertiary/aromatic N) is 3. The van der Waals surface area contributed by atoms with Gasteiger partial charge in [0.25, 0.3) is 0 Å². The number of hydrogen-bond donors (Lipinski definition) is 1. The summed E-state index contributed by atoms with van der Waals surface area (Å²) in [5, 5.41) is 2.95. The van der Waals surface area contributed by atoms with Crippen LogP contribution < -0.4 is 5.32 Å². The second-order valence-electron chi connectivity index (χ2n) is 7.62. The molecular weight excluding hydrogens is 338 g/mol. The molecule has 0 aliphatic heterocycles. The second kappa shape index (κ2) is 7.85. The summed E-state index contributed by atoms with van der Waals surface area (Å²) in [5.74, 6) is -1.07. The molecule has 0 unspecified atom stereocenters. The summed E-state index contributed by atoms with van der Waals surface area (Å²) >= 11 is 0. The Morgan fingerprint density at radius 3 is 2.54 bits per heavy atom. The summed E-state index contributed by atoms with van der Waals surface area (Å²) in [4.78, 5) is 18.6. The molecule has 0 bridgehead atoms. The number of urea groups is 1. The standard InChI is InChI=1S/C19H26F2N4O/c1-13(2)25(18(26)23-19(3,4)5)12-17-22-8-9-24(17)11-14-6-7-15(20)16(21)10-14/h6-10,13H,11-12H2,1-5H3,(H,23,26). The Labute approximate surface area is 153 Å². The fourth-order valence-corrected chi connectivity index (χ4v) is 2.50. The van der Waals surface area contributed by atoms with Crippen molar-refractivity contribution < 1.29 is 13.6 Å². The van der Waals surface area contributed by atoms with Crippen molar-refractivity contribution in [2.24, 2.45) is 0 Å². The van der Waals surface area contributed by atoms with E-state index < -0.39 is 11.6 Å². The van der Waals surface area contributed by atoms with Gasteiger partial charge in [0.15, 0.2) is 11.6 Å². The zero-order valence-corrected chi connectivity index (χ0v) is 15.9. The molecule has 0 spiro atoms. The summed E-state index contributed by atoms with van der Waals surface area (Å²) in [6.45, 7) is 10.3. The number of halogens is 2. The largest absolute Gasteiger partial charge is 0.333 e. The monoisotopic (exact) mass is 364 g/mol. The van der Waals surface area contributed by atoms with Crippen LogP contribution in [-0.2, 0) is 13.1 Å². The summed E-state index contributed by atoms with van der Waals surface area (Å²) in [6.07, 6.45) is 3.39. The van der Waals surface area contributed by atoms with Crippen molar-refractivity contribution in [1.29, 1.82) is 0 Å². The number of carbonyl (C=O) groups is 1. The Balaban J connectivity index is 2.17. The van der Waals surface area contributed by atoms with Crippen LogP contribution in [0.15, 0.2) is 30.6 Å². The number of carbonyl (C=O) groups excluding carboxylic acids is 1. The molecule has 2 rings (SSSR count). The van der Waals surface area contributed by atoms with Crippen molar-refractivity contribution >= 4 is 6.03 Å². The highest BCUT2D eigenvalue weighted by Gasteiger charge is 2.23. The lowest BCUT2D eigenvalue weighted by atomic mass is 10.1. The predicted octanol–water partition coefficient (Wildman–Crippen LogP) is 3.93. The van der Waals surface area contributed by atoms with Crippen LogP contribution in [0.2, 0.25) is 0 Å². The van der Waals surface area contributed by atoms with Crippen LogP contribution in [0.1, 0.15) is 46.0 Å². The smallest absolute Gasteiger partial charge is 0.318 e. The van der Waals surface area contributed by atoms with Crippen molar-refractivity contribution in [1.82, 2.24) is 19.8 Å². The summed E-state index contributed by atoms with van der Waals surface area (Å²) in [5.41, 5.74) is 0.282. The molecule has 142 valence electrons. The average Bonchev–Trinajstić information content (AvgIpc) is 2.93. The van der Waals surface area contributed by atoms with Crippen LogP contribution in [0.3, 0.4) is 0 Å². The van der Waals surface area contributed by atoms with E-state index in [-0.39, 0.29) is 17.6 Å². The highest BCUT2D eigenvalue weighted by Crippen LogP contribution is 2.14. The van der Waals surface area contributed by atoms with E-state index in [1.165, 1.54) is 12.1 Å². The molecular formula is C19H26F2N4O. The normalized spacial score (nSPS) is 11.7.